The van der Waals surface area contributed by atoms with Crippen molar-refractivity contribution in [2.45, 2.75) is 30.9 Å². The first kappa shape index (κ1) is 20.8. The fourth-order valence-electron chi connectivity index (χ4n) is 3.80. The van der Waals surface area contributed by atoms with Gasteiger partial charge in [0.2, 0.25) is 6.04 Å². The van der Waals surface area contributed by atoms with Crippen LogP contribution in [0.2, 0.25) is 0 Å². The number of methoxy groups -OCH3 is 1. The van der Waals surface area contributed by atoms with Crippen LogP contribution in [0.25, 0.3) is 0 Å². The molecule has 0 heterocycles. The number of aliphatic hydroxyl groups excluding tert-OH is 1. The molecule has 0 bridgehead atoms. The second kappa shape index (κ2) is 8.20. The molecule has 29 heavy (non-hydrogen) atoms. The second-order valence-corrected chi connectivity index (χ2v) is 6.99. The summed E-state index contributed by atoms with van der Waals surface area (Å²) in [5.41, 5.74) is -0.144. The standard InChI is InChI=1S/C20H18F3NO5/c1-29-11-4-2-10(3-5-11)20(26)14-7-18(24(27)28)13(8-19(14)25)12-6-16(22)17(23)9-15(12)21/h2-6,9,13-14,18-19,25H,7-8H2,1H3/t13-,14-,18+,19+/m1/s1. The summed E-state index contributed by atoms with van der Waals surface area (Å²) in [6.07, 6.45) is -2.00. The molecule has 2 aromatic rings. The molecule has 4 atom stereocenters. The Kier molecular flexibility index (Phi) is 5.88. The molecule has 0 unspecified atom stereocenters. The zero-order chi connectivity index (χ0) is 21.3. The maximum absolute atomic E-state index is 14.2. The maximum atomic E-state index is 14.2. The van der Waals surface area contributed by atoms with E-state index in [-0.39, 0.29) is 24.0 Å². The van der Waals surface area contributed by atoms with Crippen LogP contribution in [0.1, 0.15) is 34.7 Å². The van der Waals surface area contributed by atoms with Gasteiger partial charge in [-0.25, -0.2) is 13.2 Å². The molecule has 0 saturated heterocycles. The van der Waals surface area contributed by atoms with Crippen LogP contribution in [-0.2, 0) is 0 Å². The molecule has 1 aliphatic rings. The number of nitro groups is 1. The monoisotopic (exact) mass is 409 g/mol. The van der Waals surface area contributed by atoms with Gasteiger partial charge in [-0.15, -0.1) is 0 Å². The van der Waals surface area contributed by atoms with E-state index in [4.69, 9.17) is 4.74 Å². The van der Waals surface area contributed by atoms with Crippen molar-refractivity contribution in [2.75, 3.05) is 7.11 Å². The lowest BCUT2D eigenvalue weighted by Gasteiger charge is -2.34. The predicted molar refractivity (Wildman–Crippen MR) is 95.9 cm³/mol. The number of ether oxygens (including phenoxy) is 1. The fourth-order valence-corrected chi connectivity index (χ4v) is 3.80. The number of hydrogen-bond donors (Lipinski definition) is 1. The van der Waals surface area contributed by atoms with Crippen LogP contribution in [-0.4, -0.2) is 35.1 Å². The molecule has 0 aromatic heterocycles. The van der Waals surface area contributed by atoms with Gasteiger partial charge in [-0.3, -0.25) is 14.9 Å². The number of halogens is 3. The summed E-state index contributed by atoms with van der Waals surface area (Å²) in [5, 5.41) is 22.1. The summed E-state index contributed by atoms with van der Waals surface area (Å²) >= 11 is 0. The molecule has 1 fully saturated rings. The minimum absolute atomic E-state index is 0.245. The van der Waals surface area contributed by atoms with Crippen LogP contribution in [0, 0.1) is 33.5 Å². The molecule has 6 nitrogen and oxygen atoms in total. The van der Waals surface area contributed by atoms with E-state index in [1.54, 1.807) is 12.1 Å². The summed E-state index contributed by atoms with van der Waals surface area (Å²) in [4.78, 5) is 23.7. The molecule has 154 valence electrons. The summed E-state index contributed by atoms with van der Waals surface area (Å²) in [6, 6.07) is 5.52. The largest absolute Gasteiger partial charge is 0.497 e. The van der Waals surface area contributed by atoms with Gasteiger partial charge < -0.3 is 9.84 Å². The Labute approximate surface area is 164 Å². The summed E-state index contributed by atoms with van der Waals surface area (Å²) in [6.45, 7) is 0. The Hall–Kier alpha value is -2.94. The van der Waals surface area contributed by atoms with Crippen molar-refractivity contribution >= 4 is 5.78 Å². The third kappa shape index (κ3) is 4.09. The number of rotatable bonds is 5. The van der Waals surface area contributed by atoms with Gasteiger partial charge >= 0.3 is 0 Å². The van der Waals surface area contributed by atoms with Gasteiger partial charge in [-0.1, -0.05) is 0 Å². The lowest BCUT2D eigenvalue weighted by atomic mass is 9.71. The first-order chi connectivity index (χ1) is 13.7. The number of carbonyl (C=O) groups is 1. The van der Waals surface area contributed by atoms with E-state index in [9.17, 15) is 33.2 Å². The zero-order valence-corrected chi connectivity index (χ0v) is 15.3. The van der Waals surface area contributed by atoms with Gasteiger partial charge in [0.1, 0.15) is 11.6 Å². The number of carbonyl (C=O) groups excluding carboxylic acids is 1. The number of Topliss-reactive ketones (excluding diaryl/α,β-unsaturated/α-hetero) is 1. The van der Waals surface area contributed by atoms with Gasteiger partial charge in [-0.05, 0) is 36.8 Å². The van der Waals surface area contributed by atoms with Crippen LogP contribution in [0.4, 0.5) is 13.2 Å². The van der Waals surface area contributed by atoms with Gasteiger partial charge in [0.15, 0.2) is 17.4 Å². The normalized spacial score (nSPS) is 24.2. The van der Waals surface area contributed by atoms with Gasteiger partial charge in [0.25, 0.3) is 0 Å². The SMILES string of the molecule is COc1ccc(C(=O)[C@@H]2C[C@H]([N+](=O)[O-])[C@@H](c3cc(F)c(F)cc3F)C[C@@H]2O)cc1. The lowest BCUT2D eigenvalue weighted by molar-refractivity contribution is -0.532. The third-order valence-corrected chi connectivity index (χ3v) is 5.34. The molecule has 1 aliphatic carbocycles. The highest BCUT2D eigenvalue weighted by Gasteiger charge is 2.47. The predicted octanol–water partition coefficient (Wildman–Crippen LogP) is 3.50. The Morgan fingerprint density at radius 3 is 2.31 bits per heavy atom. The van der Waals surface area contributed by atoms with Crippen molar-refractivity contribution in [2.24, 2.45) is 5.92 Å². The zero-order valence-electron chi connectivity index (χ0n) is 15.3. The molecule has 3 rings (SSSR count). The van der Waals surface area contributed by atoms with Crippen molar-refractivity contribution in [3.63, 3.8) is 0 Å². The molecular formula is C20H18F3NO5. The minimum atomic E-state index is -1.44. The molecule has 0 spiro atoms. The highest BCUT2D eigenvalue weighted by Crippen LogP contribution is 2.40. The third-order valence-electron chi connectivity index (χ3n) is 5.34. The smallest absolute Gasteiger partial charge is 0.220 e. The van der Waals surface area contributed by atoms with Crippen molar-refractivity contribution in [1.82, 2.24) is 0 Å². The second-order valence-electron chi connectivity index (χ2n) is 6.99. The van der Waals surface area contributed by atoms with Crippen molar-refractivity contribution in [1.29, 1.82) is 0 Å². The van der Waals surface area contributed by atoms with E-state index < -0.39 is 52.1 Å². The number of hydrogen-bond acceptors (Lipinski definition) is 5. The van der Waals surface area contributed by atoms with Gasteiger partial charge in [0, 0.05) is 28.5 Å². The van der Waals surface area contributed by atoms with Crippen molar-refractivity contribution in [3.8, 4) is 5.75 Å². The summed E-state index contributed by atoms with van der Waals surface area (Å²) < 4.78 is 46.0. The van der Waals surface area contributed by atoms with Crippen LogP contribution < -0.4 is 4.74 Å². The van der Waals surface area contributed by atoms with Crippen LogP contribution in [0.3, 0.4) is 0 Å². The number of benzene rings is 2. The van der Waals surface area contributed by atoms with Crippen LogP contribution in [0.5, 0.6) is 5.75 Å². The Morgan fingerprint density at radius 1 is 1.10 bits per heavy atom. The average Bonchev–Trinajstić information content (AvgIpc) is 2.70. The molecule has 9 heteroatoms. The topological polar surface area (TPSA) is 89.7 Å². The van der Waals surface area contributed by atoms with E-state index in [1.807, 2.05) is 0 Å². The summed E-state index contributed by atoms with van der Waals surface area (Å²) in [7, 11) is 1.46. The van der Waals surface area contributed by atoms with E-state index >= 15 is 0 Å². The number of aliphatic hydroxyl groups is 1. The molecule has 0 amide bonds. The Bertz CT molecular complexity index is 934. The minimum Gasteiger partial charge on any atom is -0.497 e. The van der Waals surface area contributed by atoms with Crippen molar-refractivity contribution in [3.05, 3.63) is 75.1 Å². The van der Waals surface area contributed by atoms with E-state index in [0.29, 0.717) is 17.9 Å². The first-order valence-corrected chi connectivity index (χ1v) is 8.87. The van der Waals surface area contributed by atoms with E-state index in [0.717, 1.165) is 0 Å². The van der Waals surface area contributed by atoms with E-state index in [1.165, 1.54) is 19.2 Å². The van der Waals surface area contributed by atoms with E-state index in [2.05, 4.69) is 0 Å². The average molecular weight is 409 g/mol. The molecule has 1 saturated carbocycles. The highest BCUT2D eigenvalue weighted by molar-refractivity contribution is 5.98. The fraction of sp³-hybridized carbons (Fsp3) is 0.350. The van der Waals surface area contributed by atoms with Crippen molar-refractivity contribution < 1.29 is 32.7 Å². The Balaban J connectivity index is 1.90. The number of nitrogens with zero attached hydrogens (tertiary/aromatic N) is 1. The van der Waals surface area contributed by atoms with Gasteiger partial charge in [-0.2, -0.15) is 0 Å². The molecule has 0 aliphatic heterocycles. The quantitative estimate of drug-likeness (QED) is 0.353. The first-order valence-electron chi connectivity index (χ1n) is 8.87. The lowest BCUT2D eigenvalue weighted by Crippen LogP contribution is -2.44. The Morgan fingerprint density at radius 2 is 1.72 bits per heavy atom. The highest BCUT2D eigenvalue weighted by atomic mass is 19.2. The molecular weight excluding hydrogens is 391 g/mol. The molecule has 2 aromatic carbocycles. The maximum Gasteiger partial charge on any atom is 0.220 e. The number of ketones is 1. The van der Waals surface area contributed by atoms with Crippen LogP contribution in [0.15, 0.2) is 36.4 Å². The van der Waals surface area contributed by atoms with Crippen LogP contribution >= 0.6 is 0 Å². The van der Waals surface area contributed by atoms with Gasteiger partial charge in [0.05, 0.1) is 25.0 Å². The molecule has 0 radical (unpaired) electrons. The summed E-state index contributed by atoms with van der Waals surface area (Å²) in [5.74, 6) is -6.13. The molecule has 1 N–H and O–H groups in total.